The van der Waals surface area contributed by atoms with E-state index in [1.165, 1.54) is 22.3 Å². The Balaban J connectivity index is 1.76. The summed E-state index contributed by atoms with van der Waals surface area (Å²) in [5.41, 5.74) is 6.09. The van der Waals surface area contributed by atoms with Gasteiger partial charge in [-0.3, -0.25) is 0 Å². The Bertz CT molecular complexity index is 1150. The van der Waals surface area contributed by atoms with Gasteiger partial charge in [0.25, 0.3) is 0 Å². The van der Waals surface area contributed by atoms with Crippen molar-refractivity contribution in [3.05, 3.63) is 63.2 Å². The molecule has 1 aliphatic heterocycles. The fraction of sp³-hybridized carbons (Fsp3) is 0.692. The van der Waals surface area contributed by atoms with Gasteiger partial charge in [0.15, 0.2) is 0 Å². The van der Waals surface area contributed by atoms with Crippen LogP contribution >= 0.6 is 11.6 Å². The van der Waals surface area contributed by atoms with Crippen LogP contribution in [0.15, 0.2) is 30.3 Å². The second kappa shape index (κ2) is 20.0. The standard InChI is InChI=1S/C39H59ClO6/c1-6-10-21-42-27-34-37(43-22-11-7-2)39(45-24-13-9-4)38(44-23-12-8-3)36(46-34)33-26-29(35(40)32-16-14-15-31(32)33)25-28-17-19-30(41-5)20-18-28/h17-20,26,34,36-39H,6-16,21-25,27H2,1-5H3/t34-,36?,37-,38+,39+/m1/s1. The van der Waals surface area contributed by atoms with Crippen LogP contribution in [0.5, 0.6) is 5.75 Å². The van der Waals surface area contributed by atoms with Gasteiger partial charge < -0.3 is 28.4 Å². The van der Waals surface area contributed by atoms with Crippen molar-refractivity contribution >= 4 is 11.6 Å². The number of hydrogen-bond donors (Lipinski definition) is 0. The number of hydrogen-bond acceptors (Lipinski definition) is 6. The number of fused-ring (bicyclic) bond motifs is 1. The summed E-state index contributed by atoms with van der Waals surface area (Å²) in [7, 11) is 1.70. The van der Waals surface area contributed by atoms with E-state index < -0.39 is 0 Å². The number of benzene rings is 2. The fourth-order valence-corrected chi connectivity index (χ4v) is 6.92. The van der Waals surface area contributed by atoms with Crippen molar-refractivity contribution < 1.29 is 28.4 Å². The Kier molecular flexibility index (Phi) is 16.1. The first-order chi connectivity index (χ1) is 22.6. The zero-order valence-electron chi connectivity index (χ0n) is 29.1. The number of rotatable bonds is 21. The molecule has 1 aliphatic carbocycles. The summed E-state index contributed by atoms with van der Waals surface area (Å²) in [6.45, 7) is 11.9. The molecule has 0 amide bonds. The van der Waals surface area contributed by atoms with E-state index in [1.54, 1.807) is 7.11 Å². The molecule has 6 nitrogen and oxygen atoms in total. The first-order valence-corrected chi connectivity index (χ1v) is 18.5. The number of ether oxygens (including phenoxy) is 6. The van der Waals surface area contributed by atoms with Gasteiger partial charge in [0, 0.05) is 31.5 Å². The third-order valence-corrected chi connectivity index (χ3v) is 9.76. The van der Waals surface area contributed by atoms with Gasteiger partial charge in [-0.05, 0) is 91.3 Å². The largest absolute Gasteiger partial charge is 0.497 e. The SMILES string of the molecule is CCCCOC[C@H]1OC(c2cc(Cc3ccc(OC)cc3)c(Cl)c3c2CCC3)[C@H](OCCCC)[C@@H](OCCCC)[C@@H]1OCCCC. The molecule has 0 spiro atoms. The molecule has 46 heavy (non-hydrogen) atoms. The van der Waals surface area contributed by atoms with Crippen molar-refractivity contribution in [3.8, 4) is 5.75 Å². The van der Waals surface area contributed by atoms with Crippen LogP contribution in [0.1, 0.15) is 119 Å². The highest BCUT2D eigenvalue weighted by atomic mass is 35.5. The lowest BCUT2D eigenvalue weighted by Gasteiger charge is -2.47. The molecule has 2 aromatic carbocycles. The Labute approximate surface area is 283 Å². The highest BCUT2D eigenvalue weighted by molar-refractivity contribution is 6.32. The molecule has 0 aromatic heterocycles. The molecular weight excluding hydrogens is 600 g/mol. The molecule has 7 heteroatoms. The van der Waals surface area contributed by atoms with Crippen molar-refractivity contribution in [1.82, 2.24) is 0 Å². The lowest BCUT2D eigenvalue weighted by atomic mass is 9.85. The van der Waals surface area contributed by atoms with Crippen molar-refractivity contribution in [2.45, 2.75) is 135 Å². The Morgan fingerprint density at radius 3 is 1.96 bits per heavy atom. The van der Waals surface area contributed by atoms with Crippen molar-refractivity contribution in [1.29, 1.82) is 0 Å². The van der Waals surface area contributed by atoms with E-state index in [0.29, 0.717) is 33.0 Å². The van der Waals surface area contributed by atoms with Crippen LogP contribution in [0.4, 0.5) is 0 Å². The minimum absolute atomic E-state index is 0.267. The molecular formula is C39H59ClO6. The molecule has 2 aliphatic rings. The molecule has 1 heterocycles. The van der Waals surface area contributed by atoms with E-state index >= 15 is 0 Å². The number of unbranched alkanes of at least 4 members (excludes halogenated alkanes) is 4. The van der Waals surface area contributed by atoms with E-state index in [9.17, 15) is 0 Å². The van der Waals surface area contributed by atoms with Crippen molar-refractivity contribution in [3.63, 3.8) is 0 Å². The Hall–Kier alpha value is -1.67. The van der Waals surface area contributed by atoms with Crippen LogP contribution in [0.2, 0.25) is 5.02 Å². The summed E-state index contributed by atoms with van der Waals surface area (Å²) in [6, 6.07) is 10.6. The smallest absolute Gasteiger partial charge is 0.118 e. The van der Waals surface area contributed by atoms with Gasteiger partial charge in [-0.2, -0.15) is 0 Å². The maximum Gasteiger partial charge on any atom is 0.118 e. The van der Waals surface area contributed by atoms with Crippen LogP contribution in [0.25, 0.3) is 0 Å². The van der Waals surface area contributed by atoms with Gasteiger partial charge in [0.2, 0.25) is 0 Å². The van der Waals surface area contributed by atoms with Gasteiger partial charge in [-0.15, -0.1) is 0 Å². The molecule has 0 bridgehead atoms. The zero-order chi connectivity index (χ0) is 32.7. The lowest BCUT2D eigenvalue weighted by Crippen LogP contribution is -2.58. The minimum Gasteiger partial charge on any atom is -0.497 e. The first-order valence-electron chi connectivity index (χ1n) is 18.1. The maximum absolute atomic E-state index is 7.19. The molecule has 0 saturated carbocycles. The molecule has 2 aromatic rings. The molecule has 0 N–H and O–H groups in total. The van der Waals surface area contributed by atoms with Gasteiger partial charge in [-0.25, -0.2) is 0 Å². The summed E-state index contributed by atoms with van der Waals surface area (Å²) in [5.74, 6) is 0.851. The summed E-state index contributed by atoms with van der Waals surface area (Å²) in [5, 5.41) is 0.891. The van der Waals surface area contributed by atoms with Crippen LogP contribution in [0, 0.1) is 0 Å². The van der Waals surface area contributed by atoms with Crippen molar-refractivity contribution in [2.24, 2.45) is 0 Å². The van der Waals surface area contributed by atoms with E-state index in [1.807, 2.05) is 12.1 Å². The second-order valence-corrected chi connectivity index (χ2v) is 13.2. The summed E-state index contributed by atoms with van der Waals surface area (Å²) in [4.78, 5) is 0. The predicted molar refractivity (Wildman–Crippen MR) is 187 cm³/mol. The van der Waals surface area contributed by atoms with Crippen LogP contribution in [-0.2, 0) is 42.9 Å². The normalized spacial score (nSPS) is 22.7. The van der Waals surface area contributed by atoms with Crippen molar-refractivity contribution in [2.75, 3.05) is 40.1 Å². The van der Waals surface area contributed by atoms with Gasteiger partial charge >= 0.3 is 0 Å². The quantitative estimate of drug-likeness (QED) is 0.125. The Morgan fingerprint density at radius 2 is 1.33 bits per heavy atom. The maximum atomic E-state index is 7.19. The first kappa shape index (κ1) is 37.2. The van der Waals surface area contributed by atoms with E-state index in [-0.39, 0.29) is 30.5 Å². The van der Waals surface area contributed by atoms with Crippen LogP contribution < -0.4 is 4.74 Å². The van der Waals surface area contributed by atoms with Crippen LogP contribution in [-0.4, -0.2) is 64.6 Å². The molecule has 258 valence electrons. The topological polar surface area (TPSA) is 55.4 Å². The molecule has 4 rings (SSSR count). The third kappa shape index (κ3) is 9.93. The predicted octanol–water partition coefficient (Wildman–Crippen LogP) is 9.24. The summed E-state index contributed by atoms with van der Waals surface area (Å²) >= 11 is 7.19. The molecule has 5 atom stereocenters. The minimum atomic E-state index is -0.312. The third-order valence-electron chi connectivity index (χ3n) is 9.29. The zero-order valence-corrected chi connectivity index (χ0v) is 29.9. The molecule has 0 radical (unpaired) electrons. The van der Waals surface area contributed by atoms with E-state index in [0.717, 1.165) is 93.4 Å². The van der Waals surface area contributed by atoms with Crippen LogP contribution in [0.3, 0.4) is 0 Å². The van der Waals surface area contributed by atoms with E-state index in [2.05, 4.69) is 45.9 Å². The average Bonchev–Trinajstić information content (AvgIpc) is 3.57. The highest BCUT2D eigenvalue weighted by Gasteiger charge is 2.49. The fourth-order valence-electron chi connectivity index (χ4n) is 6.59. The second-order valence-electron chi connectivity index (χ2n) is 12.9. The molecule has 1 unspecified atom stereocenters. The lowest BCUT2D eigenvalue weighted by molar-refractivity contribution is -0.268. The van der Waals surface area contributed by atoms with Gasteiger partial charge in [-0.1, -0.05) is 83.2 Å². The van der Waals surface area contributed by atoms with Gasteiger partial charge in [0.1, 0.15) is 36.3 Å². The number of methoxy groups -OCH3 is 1. The monoisotopic (exact) mass is 658 g/mol. The summed E-state index contributed by atoms with van der Waals surface area (Å²) < 4.78 is 39.1. The van der Waals surface area contributed by atoms with Gasteiger partial charge in [0.05, 0.1) is 13.7 Å². The number of halogens is 1. The highest BCUT2D eigenvalue weighted by Crippen LogP contribution is 2.44. The summed E-state index contributed by atoms with van der Waals surface area (Å²) in [6.07, 6.45) is 10.7. The average molecular weight is 659 g/mol. The Morgan fingerprint density at radius 1 is 0.739 bits per heavy atom. The molecule has 1 fully saturated rings. The molecule has 1 saturated heterocycles. The van der Waals surface area contributed by atoms with E-state index in [4.69, 9.17) is 40.0 Å².